The second-order valence-corrected chi connectivity index (χ2v) is 7.34. The van der Waals surface area contributed by atoms with E-state index in [9.17, 15) is 4.79 Å². The molecule has 0 aliphatic carbocycles. The van der Waals surface area contributed by atoms with Crippen LogP contribution in [0.25, 0.3) is 11.3 Å². The van der Waals surface area contributed by atoms with Crippen molar-refractivity contribution < 1.29 is 4.79 Å². The number of anilines is 1. The quantitative estimate of drug-likeness (QED) is 0.682. The molecule has 0 saturated carbocycles. The van der Waals surface area contributed by atoms with E-state index in [-0.39, 0.29) is 5.91 Å². The van der Waals surface area contributed by atoms with Crippen LogP contribution in [0.2, 0.25) is 0 Å². The molecule has 0 aliphatic rings. The Morgan fingerprint density at radius 3 is 2.42 bits per heavy atom. The van der Waals surface area contributed by atoms with E-state index in [1.54, 1.807) is 23.1 Å². The van der Waals surface area contributed by atoms with Crippen LogP contribution in [0, 0.1) is 6.92 Å². The summed E-state index contributed by atoms with van der Waals surface area (Å²) < 4.78 is 0. The van der Waals surface area contributed by atoms with Gasteiger partial charge in [-0.2, -0.15) is 11.8 Å². The average molecular weight is 355 g/mol. The maximum atomic E-state index is 12.3. The molecule has 1 aromatic heterocycles. The van der Waals surface area contributed by atoms with Gasteiger partial charge in [0.1, 0.15) is 0 Å². The van der Waals surface area contributed by atoms with E-state index in [2.05, 4.69) is 16.6 Å². The standard InChI is InChI=1S/C19H18N2OS2/c1-13-20-18(12-24-13)15-7-9-17(10-8-15)21-19(22)16-5-3-14(4-6-16)11-23-2/h3-10,12H,11H2,1-2H3,(H,21,22). The molecule has 2 aromatic carbocycles. The van der Waals surface area contributed by atoms with Crippen LogP contribution >= 0.6 is 23.1 Å². The first-order valence-corrected chi connectivity index (χ1v) is 9.85. The molecule has 5 heteroatoms. The van der Waals surface area contributed by atoms with Crippen LogP contribution in [0.1, 0.15) is 20.9 Å². The number of rotatable bonds is 5. The SMILES string of the molecule is CSCc1ccc(C(=O)Nc2ccc(-c3csc(C)n3)cc2)cc1. The molecular weight excluding hydrogens is 336 g/mol. The first kappa shape index (κ1) is 16.7. The fourth-order valence-electron chi connectivity index (χ4n) is 2.34. The van der Waals surface area contributed by atoms with Crippen molar-refractivity contribution in [3.8, 4) is 11.3 Å². The number of carbonyl (C=O) groups is 1. The van der Waals surface area contributed by atoms with Gasteiger partial charge in [0.15, 0.2) is 0 Å². The predicted octanol–water partition coefficient (Wildman–Crippen LogP) is 5.23. The van der Waals surface area contributed by atoms with Gasteiger partial charge >= 0.3 is 0 Å². The van der Waals surface area contributed by atoms with Crippen LogP contribution < -0.4 is 5.32 Å². The highest BCUT2D eigenvalue weighted by Crippen LogP contribution is 2.23. The predicted molar refractivity (Wildman–Crippen MR) is 104 cm³/mol. The van der Waals surface area contributed by atoms with Crippen molar-refractivity contribution in [2.45, 2.75) is 12.7 Å². The first-order chi connectivity index (χ1) is 11.7. The summed E-state index contributed by atoms with van der Waals surface area (Å²) in [4.78, 5) is 16.8. The minimum absolute atomic E-state index is 0.0945. The van der Waals surface area contributed by atoms with Crippen molar-refractivity contribution in [1.29, 1.82) is 0 Å². The molecule has 122 valence electrons. The van der Waals surface area contributed by atoms with Crippen LogP contribution in [0.5, 0.6) is 0 Å². The molecule has 1 heterocycles. The summed E-state index contributed by atoms with van der Waals surface area (Å²) in [6.45, 7) is 1.99. The number of benzene rings is 2. The maximum Gasteiger partial charge on any atom is 0.255 e. The molecule has 1 N–H and O–H groups in total. The Labute approximate surface area is 150 Å². The number of aryl methyl sites for hydroxylation is 1. The van der Waals surface area contributed by atoms with Crippen LogP contribution in [-0.4, -0.2) is 17.1 Å². The number of thiazole rings is 1. The normalized spacial score (nSPS) is 10.6. The molecule has 3 rings (SSSR count). The van der Waals surface area contributed by atoms with Crippen LogP contribution in [0.4, 0.5) is 5.69 Å². The van der Waals surface area contributed by atoms with E-state index in [1.807, 2.05) is 60.8 Å². The van der Waals surface area contributed by atoms with Gasteiger partial charge in [-0.3, -0.25) is 4.79 Å². The van der Waals surface area contributed by atoms with Gasteiger partial charge in [-0.25, -0.2) is 4.98 Å². The number of aromatic nitrogens is 1. The topological polar surface area (TPSA) is 42.0 Å². The zero-order valence-corrected chi connectivity index (χ0v) is 15.2. The van der Waals surface area contributed by atoms with Crippen molar-refractivity contribution in [3.05, 3.63) is 70.0 Å². The second kappa shape index (κ2) is 7.64. The van der Waals surface area contributed by atoms with Gasteiger partial charge in [0, 0.05) is 27.9 Å². The third kappa shape index (κ3) is 4.04. The van der Waals surface area contributed by atoms with Crippen LogP contribution in [0.15, 0.2) is 53.9 Å². The van der Waals surface area contributed by atoms with Crippen LogP contribution in [0.3, 0.4) is 0 Å². The summed E-state index contributed by atoms with van der Waals surface area (Å²) in [6.07, 6.45) is 2.07. The number of amides is 1. The Morgan fingerprint density at radius 1 is 1.12 bits per heavy atom. The first-order valence-electron chi connectivity index (χ1n) is 7.57. The van der Waals surface area contributed by atoms with Crippen molar-refractivity contribution >= 4 is 34.7 Å². The molecule has 0 aliphatic heterocycles. The summed E-state index contributed by atoms with van der Waals surface area (Å²) in [7, 11) is 0. The molecule has 0 saturated heterocycles. The molecular formula is C19H18N2OS2. The Balaban J connectivity index is 1.68. The molecule has 3 nitrogen and oxygen atoms in total. The van der Waals surface area contributed by atoms with Crippen molar-refractivity contribution in [2.24, 2.45) is 0 Å². The molecule has 1 amide bonds. The zero-order valence-electron chi connectivity index (χ0n) is 13.6. The van der Waals surface area contributed by atoms with E-state index in [0.717, 1.165) is 27.7 Å². The second-order valence-electron chi connectivity index (χ2n) is 5.41. The van der Waals surface area contributed by atoms with Gasteiger partial charge in [-0.1, -0.05) is 24.3 Å². The van der Waals surface area contributed by atoms with Crippen LogP contribution in [-0.2, 0) is 5.75 Å². The molecule has 0 atom stereocenters. The van der Waals surface area contributed by atoms with Gasteiger partial charge in [0.2, 0.25) is 0 Å². The highest BCUT2D eigenvalue weighted by Gasteiger charge is 2.07. The molecule has 0 unspecified atom stereocenters. The van der Waals surface area contributed by atoms with Gasteiger partial charge in [0.25, 0.3) is 5.91 Å². The Morgan fingerprint density at radius 2 is 1.83 bits per heavy atom. The third-order valence-electron chi connectivity index (χ3n) is 3.58. The number of nitrogens with one attached hydrogen (secondary N) is 1. The van der Waals surface area contributed by atoms with Gasteiger partial charge in [0.05, 0.1) is 10.7 Å². The Hall–Kier alpha value is -2.11. The number of thioether (sulfide) groups is 1. The molecule has 0 spiro atoms. The number of carbonyl (C=O) groups excluding carboxylic acids is 1. The lowest BCUT2D eigenvalue weighted by Crippen LogP contribution is -2.11. The fraction of sp³-hybridized carbons (Fsp3) is 0.158. The Kier molecular flexibility index (Phi) is 5.33. The molecule has 0 bridgehead atoms. The summed E-state index contributed by atoms with van der Waals surface area (Å²) in [6, 6.07) is 15.5. The van der Waals surface area contributed by atoms with E-state index in [4.69, 9.17) is 0 Å². The van der Waals surface area contributed by atoms with Gasteiger partial charge in [-0.05, 0) is 43.0 Å². The van der Waals surface area contributed by atoms with E-state index in [1.165, 1.54) is 5.56 Å². The number of nitrogens with zero attached hydrogens (tertiary/aromatic N) is 1. The minimum atomic E-state index is -0.0945. The summed E-state index contributed by atoms with van der Waals surface area (Å²) in [5, 5.41) is 6.02. The monoisotopic (exact) mass is 354 g/mol. The minimum Gasteiger partial charge on any atom is -0.322 e. The molecule has 0 radical (unpaired) electrons. The summed E-state index contributed by atoms with van der Waals surface area (Å²) in [5.74, 6) is 0.863. The zero-order chi connectivity index (χ0) is 16.9. The molecule has 24 heavy (non-hydrogen) atoms. The lowest BCUT2D eigenvalue weighted by atomic mass is 10.1. The van der Waals surface area contributed by atoms with Crippen molar-refractivity contribution in [2.75, 3.05) is 11.6 Å². The average Bonchev–Trinajstić information content (AvgIpc) is 3.03. The van der Waals surface area contributed by atoms with Crippen molar-refractivity contribution in [1.82, 2.24) is 4.98 Å². The number of hydrogen-bond donors (Lipinski definition) is 1. The maximum absolute atomic E-state index is 12.3. The lowest BCUT2D eigenvalue weighted by molar-refractivity contribution is 0.102. The lowest BCUT2D eigenvalue weighted by Gasteiger charge is -2.07. The highest BCUT2D eigenvalue weighted by molar-refractivity contribution is 7.97. The van der Waals surface area contributed by atoms with E-state index >= 15 is 0 Å². The largest absolute Gasteiger partial charge is 0.322 e. The molecule has 0 fully saturated rings. The highest BCUT2D eigenvalue weighted by atomic mass is 32.2. The fourth-order valence-corrected chi connectivity index (χ4v) is 3.49. The van der Waals surface area contributed by atoms with E-state index < -0.39 is 0 Å². The summed E-state index contributed by atoms with van der Waals surface area (Å²) >= 11 is 3.40. The van der Waals surface area contributed by atoms with Gasteiger partial charge in [-0.15, -0.1) is 11.3 Å². The smallest absolute Gasteiger partial charge is 0.255 e. The third-order valence-corrected chi connectivity index (χ3v) is 4.98. The Bertz CT molecular complexity index is 823. The van der Waals surface area contributed by atoms with Gasteiger partial charge < -0.3 is 5.32 Å². The molecule has 3 aromatic rings. The van der Waals surface area contributed by atoms with E-state index in [0.29, 0.717) is 5.56 Å². The summed E-state index contributed by atoms with van der Waals surface area (Å²) in [5.41, 5.74) is 4.70. The number of hydrogen-bond acceptors (Lipinski definition) is 4. The van der Waals surface area contributed by atoms with Crippen molar-refractivity contribution in [3.63, 3.8) is 0 Å².